The molecule has 0 N–H and O–H groups in total. The number of hydrogen-bond acceptors (Lipinski definition) is 0. The molecule has 1 rings (SSSR count). The lowest BCUT2D eigenvalue weighted by molar-refractivity contribution is 0.598. The van der Waals surface area contributed by atoms with Crippen molar-refractivity contribution in [1.29, 1.82) is 0 Å². The molecule has 1 aliphatic carbocycles. The van der Waals surface area contributed by atoms with E-state index in [2.05, 4.69) is 26.0 Å². The van der Waals surface area contributed by atoms with Crippen molar-refractivity contribution in [3.8, 4) is 0 Å². The van der Waals surface area contributed by atoms with Crippen molar-refractivity contribution in [2.75, 3.05) is 0 Å². The molecule has 0 bridgehead atoms. The molecule has 62 valence electrons. The highest BCUT2D eigenvalue weighted by atomic mass is 14.1. The predicted molar refractivity (Wildman–Crippen MR) is 50.6 cm³/mol. The first kappa shape index (κ1) is 8.58. The van der Waals surface area contributed by atoms with Gasteiger partial charge in [0, 0.05) is 0 Å². The van der Waals surface area contributed by atoms with Gasteiger partial charge in [-0.1, -0.05) is 29.7 Å². The minimum Gasteiger partial charge on any atom is -0.0847 e. The van der Waals surface area contributed by atoms with Crippen molar-refractivity contribution in [3.63, 3.8) is 0 Å². The molecule has 0 heterocycles. The Morgan fingerprint density at radius 1 is 1.18 bits per heavy atom. The fourth-order valence-electron chi connectivity index (χ4n) is 1.56. The molecule has 0 amide bonds. The van der Waals surface area contributed by atoms with Gasteiger partial charge in [0.05, 0.1) is 0 Å². The molecular formula is C11H18. The largest absolute Gasteiger partial charge is 0.0847 e. The first-order valence-corrected chi connectivity index (χ1v) is 4.65. The molecule has 0 saturated heterocycles. The molecule has 0 nitrogen and oxygen atoms in total. The van der Waals surface area contributed by atoms with Crippen LogP contribution in [0.1, 0.15) is 46.0 Å². The summed E-state index contributed by atoms with van der Waals surface area (Å²) in [7, 11) is 0. The summed E-state index contributed by atoms with van der Waals surface area (Å²) in [5.74, 6) is 0. The van der Waals surface area contributed by atoms with Crippen LogP contribution >= 0.6 is 0 Å². The Morgan fingerprint density at radius 2 is 1.82 bits per heavy atom. The minimum absolute atomic E-state index is 1.34. The van der Waals surface area contributed by atoms with Crippen molar-refractivity contribution in [2.45, 2.75) is 46.0 Å². The van der Waals surface area contributed by atoms with Crippen LogP contribution < -0.4 is 0 Å². The second kappa shape index (κ2) is 4.38. The number of hydrogen-bond donors (Lipinski definition) is 0. The van der Waals surface area contributed by atoms with E-state index in [0.29, 0.717) is 0 Å². The van der Waals surface area contributed by atoms with Crippen LogP contribution in [0.3, 0.4) is 0 Å². The lowest BCUT2D eigenvalue weighted by Gasteiger charge is -2.13. The minimum atomic E-state index is 1.34. The van der Waals surface area contributed by atoms with E-state index >= 15 is 0 Å². The monoisotopic (exact) mass is 150 g/mol. The molecule has 0 atom stereocenters. The Hall–Kier alpha value is -0.520. The molecule has 0 aromatic carbocycles. The molecule has 11 heavy (non-hydrogen) atoms. The number of rotatable bonds is 1. The molecule has 0 unspecified atom stereocenters. The molecule has 0 aromatic heterocycles. The van der Waals surface area contributed by atoms with Gasteiger partial charge in [0.25, 0.3) is 0 Å². The van der Waals surface area contributed by atoms with Crippen LogP contribution in [0.15, 0.2) is 23.3 Å². The molecule has 0 aliphatic heterocycles. The summed E-state index contributed by atoms with van der Waals surface area (Å²) >= 11 is 0. The molecule has 0 aromatic rings. The normalized spacial score (nSPS) is 20.2. The zero-order valence-electron chi connectivity index (χ0n) is 7.69. The molecule has 0 heteroatoms. The Kier molecular flexibility index (Phi) is 3.41. The summed E-state index contributed by atoms with van der Waals surface area (Å²) in [6.07, 6.45) is 11.5. The average Bonchev–Trinajstić information content (AvgIpc) is 2.06. The highest BCUT2D eigenvalue weighted by Gasteiger charge is 2.03. The van der Waals surface area contributed by atoms with Crippen molar-refractivity contribution < 1.29 is 0 Å². The maximum absolute atomic E-state index is 2.36. The van der Waals surface area contributed by atoms with Crippen LogP contribution in [0.25, 0.3) is 0 Å². The first-order chi connectivity index (χ1) is 5.33. The van der Waals surface area contributed by atoms with Crippen LogP contribution in [-0.4, -0.2) is 0 Å². The summed E-state index contributed by atoms with van der Waals surface area (Å²) in [6.45, 7) is 4.29. The summed E-state index contributed by atoms with van der Waals surface area (Å²) in [4.78, 5) is 0. The zero-order chi connectivity index (χ0) is 8.10. The second-order valence-corrected chi connectivity index (χ2v) is 3.40. The Morgan fingerprint density at radius 3 is 2.36 bits per heavy atom. The fourth-order valence-corrected chi connectivity index (χ4v) is 1.56. The van der Waals surface area contributed by atoms with E-state index in [1.54, 1.807) is 5.57 Å². The van der Waals surface area contributed by atoms with Crippen LogP contribution in [0.5, 0.6) is 0 Å². The third-order valence-corrected chi connectivity index (χ3v) is 2.38. The fraction of sp³-hybridized carbons (Fsp3) is 0.636. The van der Waals surface area contributed by atoms with Gasteiger partial charge in [-0.05, 0) is 39.5 Å². The summed E-state index contributed by atoms with van der Waals surface area (Å²) < 4.78 is 0. The van der Waals surface area contributed by atoms with Gasteiger partial charge in [0.15, 0.2) is 0 Å². The topological polar surface area (TPSA) is 0 Å². The third-order valence-electron chi connectivity index (χ3n) is 2.38. The van der Waals surface area contributed by atoms with Gasteiger partial charge in [0.1, 0.15) is 0 Å². The van der Waals surface area contributed by atoms with Gasteiger partial charge < -0.3 is 0 Å². The zero-order valence-corrected chi connectivity index (χ0v) is 7.69. The number of allylic oxidation sites excluding steroid dienone is 4. The Labute approximate surface area is 70.0 Å². The molecule has 1 saturated carbocycles. The van der Waals surface area contributed by atoms with Crippen LogP contribution in [-0.2, 0) is 0 Å². The van der Waals surface area contributed by atoms with Crippen LogP contribution in [0.4, 0.5) is 0 Å². The van der Waals surface area contributed by atoms with E-state index < -0.39 is 0 Å². The van der Waals surface area contributed by atoms with E-state index in [0.717, 1.165) is 0 Å². The first-order valence-electron chi connectivity index (χ1n) is 4.65. The maximum atomic E-state index is 2.36. The van der Waals surface area contributed by atoms with Crippen molar-refractivity contribution in [2.24, 2.45) is 0 Å². The van der Waals surface area contributed by atoms with Gasteiger partial charge in [-0.25, -0.2) is 0 Å². The molecular weight excluding hydrogens is 132 g/mol. The standard InChI is InChI=1S/C11H18/c1-3-10(2)9-11-7-5-4-6-8-11/h3,9H,4-8H2,1-2H3. The van der Waals surface area contributed by atoms with E-state index in [4.69, 9.17) is 0 Å². The lowest BCUT2D eigenvalue weighted by atomic mass is 9.93. The highest BCUT2D eigenvalue weighted by molar-refractivity contribution is 5.21. The summed E-state index contributed by atoms with van der Waals surface area (Å²) in [5, 5.41) is 0. The lowest BCUT2D eigenvalue weighted by Crippen LogP contribution is -1.93. The SMILES string of the molecule is CC=C(C)C=C1CCCCC1. The van der Waals surface area contributed by atoms with Crippen LogP contribution in [0.2, 0.25) is 0 Å². The third kappa shape index (κ3) is 2.92. The summed E-state index contributed by atoms with van der Waals surface area (Å²) in [5.41, 5.74) is 3.08. The highest BCUT2D eigenvalue weighted by Crippen LogP contribution is 2.23. The van der Waals surface area contributed by atoms with Gasteiger partial charge in [-0.2, -0.15) is 0 Å². The maximum Gasteiger partial charge on any atom is -0.0317 e. The molecule has 0 spiro atoms. The van der Waals surface area contributed by atoms with Gasteiger partial charge in [-0.3, -0.25) is 0 Å². The van der Waals surface area contributed by atoms with Gasteiger partial charge in [0.2, 0.25) is 0 Å². The molecule has 1 aliphatic rings. The van der Waals surface area contributed by atoms with Crippen molar-refractivity contribution in [3.05, 3.63) is 23.3 Å². The molecule has 1 fully saturated rings. The molecule has 0 radical (unpaired) electrons. The summed E-state index contributed by atoms with van der Waals surface area (Å²) in [6, 6.07) is 0. The van der Waals surface area contributed by atoms with E-state index in [1.165, 1.54) is 37.7 Å². The second-order valence-electron chi connectivity index (χ2n) is 3.40. The quantitative estimate of drug-likeness (QED) is 0.532. The Balaban J connectivity index is 2.50. The Bertz CT molecular complexity index is 164. The average molecular weight is 150 g/mol. The smallest absolute Gasteiger partial charge is 0.0317 e. The van der Waals surface area contributed by atoms with E-state index in [1.807, 2.05) is 0 Å². The van der Waals surface area contributed by atoms with Crippen molar-refractivity contribution in [1.82, 2.24) is 0 Å². The van der Waals surface area contributed by atoms with Crippen molar-refractivity contribution >= 4 is 0 Å². The predicted octanol–water partition coefficient (Wildman–Crippen LogP) is 3.84. The van der Waals surface area contributed by atoms with Gasteiger partial charge in [-0.15, -0.1) is 0 Å². The van der Waals surface area contributed by atoms with Crippen LogP contribution in [0, 0.1) is 0 Å². The van der Waals surface area contributed by atoms with Gasteiger partial charge >= 0.3 is 0 Å². The van der Waals surface area contributed by atoms with E-state index in [9.17, 15) is 0 Å². The van der Waals surface area contributed by atoms with E-state index in [-0.39, 0.29) is 0 Å².